The Balaban J connectivity index is 2.40. The van der Waals surface area contributed by atoms with Gasteiger partial charge in [-0.1, -0.05) is 19.1 Å². The summed E-state index contributed by atoms with van der Waals surface area (Å²) in [6, 6.07) is 6.93. The summed E-state index contributed by atoms with van der Waals surface area (Å²) in [6.45, 7) is 2.13. The van der Waals surface area contributed by atoms with Gasteiger partial charge in [0.2, 0.25) is 0 Å². The molecule has 0 aliphatic rings. The highest BCUT2D eigenvalue weighted by atomic mass is 32.2. The Kier molecular flexibility index (Phi) is 4.31. The molecule has 1 aromatic carbocycles. The largest absolute Gasteiger partial charge is 0.281 e. The van der Waals surface area contributed by atoms with Crippen LogP contribution in [0.15, 0.2) is 35.5 Å². The van der Waals surface area contributed by atoms with Gasteiger partial charge in [-0.05, 0) is 24.3 Å². The first-order valence-corrected chi connectivity index (χ1v) is 6.89. The van der Waals surface area contributed by atoms with Crippen LogP contribution in [-0.2, 0) is 0 Å². The molecule has 1 aromatic heterocycles. The molecule has 0 unspecified atom stereocenters. The maximum atomic E-state index is 13.5. The molecule has 0 aliphatic heterocycles. The van der Waals surface area contributed by atoms with Gasteiger partial charge in [0.1, 0.15) is 11.3 Å². The fourth-order valence-corrected chi connectivity index (χ4v) is 2.52. The first-order valence-electron chi connectivity index (χ1n) is 5.90. The molecule has 94 valence electrons. The molecule has 0 spiro atoms. The molecule has 4 heteroatoms. The van der Waals surface area contributed by atoms with Gasteiger partial charge in [0.15, 0.2) is 0 Å². The maximum absolute atomic E-state index is 13.5. The summed E-state index contributed by atoms with van der Waals surface area (Å²) in [5, 5.41) is 1.77. The van der Waals surface area contributed by atoms with Crippen LogP contribution in [-0.4, -0.2) is 22.8 Å². The van der Waals surface area contributed by atoms with E-state index in [-0.39, 0.29) is 5.82 Å². The monoisotopic (exact) mass is 262 g/mol. The molecule has 0 aliphatic carbocycles. The van der Waals surface area contributed by atoms with Gasteiger partial charge < -0.3 is 0 Å². The van der Waals surface area contributed by atoms with E-state index in [0.717, 1.165) is 28.2 Å². The number of benzene rings is 1. The molecule has 2 nitrogen and oxygen atoms in total. The Morgan fingerprint density at radius 2 is 2.28 bits per heavy atom. The quantitative estimate of drug-likeness (QED) is 0.619. The first kappa shape index (κ1) is 13.0. The molecular weight excluding hydrogens is 247 g/mol. The number of hydrogen-bond acceptors (Lipinski definition) is 3. The van der Waals surface area contributed by atoms with Gasteiger partial charge in [0.25, 0.3) is 0 Å². The zero-order chi connectivity index (χ0) is 13.0. The zero-order valence-electron chi connectivity index (χ0n) is 10.5. The van der Waals surface area contributed by atoms with E-state index in [2.05, 4.69) is 16.9 Å². The molecule has 2 rings (SSSR count). The molecule has 0 amide bonds. The van der Waals surface area contributed by atoms with Gasteiger partial charge in [-0.3, -0.25) is 9.98 Å². The molecule has 0 fully saturated rings. The Hall–Kier alpha value is -1.42. The number of pyridine rings is 1. The van der Waals surface area contributed by atoms with Crippen LogP contribution in [0.1, 0.15) is 18.9 Å². The Labute approximate surface area is 110 Å². The van der Waals surface area contributed by atoms with Crippen molar-refractivity contribution in [1.29, 1.82) is 0 Å². The molecule has 0 radical (unpaired) electrons. The van der Waals surface area contributed by atoms with Crippen LogP contribution in [0.4, 0.5) is 4.39 Å². The van der Waals surface area contributed by atoms with Crippen LogP contribution >= 0.6 is 11.8 Å². The lowest BCUT2D eigenvalue weighted by atomic mass is 10.1. The van der Waals surface area contributed by atoms with Crippen molar-refractivity contribution < 1.29 is 4.39 Å². The van der Waals surface area contributed by atoms with E-state index in [1.807, 2.05) is 12.1 Å². The van der Waals surface area contributed by atoms with Crippen molar-refractivity contribution in [3.63, 3.8) is 0 Å². The van der Waals surface area contributed by atoms with Gasteiger partial charge in [-0.25, -0.2) is 4.39 Å². The highest BCUT2D eigenvalue weighted by Crippen LogP contribution is 2.20. The topological polar surface area (TPSA) is 25.2 Å². The van der Waals surface area contributed by atoms with Crippen LogP contribution in [0.2, 0.25) is 0 Å². The van der Waals surface area contributed by atoms with Crippen molar-refractivity contribution in [2.24, 2.45) is 4.99 Å². The summed E-state index contributed by atoms with van der Waals surface area (Å²) < 4.78 is 13.5. The predicted molar refractivity (Wildman–Crippen MR) is 76.9 cm³/mol. The Morgan fingerprint density at radius 3 is 3.00 bits per heavy atom. The fraction of sp³-hybridized carbons (Fsp3) is 0.286. The van der Waals surface area contributed by atoms with Crippen LogP contribution < -0.4 is 0 Å². The number of aromatic nitrogens is 1. The van der Waals surface area contributed by atoms with Crippen LogP contribution in [0, 0.1) is 5.82 Å². The molecular formula is C14H15FN2S. The zero-order valence-corrected chi connectivity index (χ0v) is 11.3. The molecule has 0 N–H and O–H groups in total. The van der Waals surface area contributed by atoms with Gasteiger partial charge >= 0.3 is 0 Å². The van der Waals surface area contributed by atoms with Crippen molar-refractivity contribution in [2.45, 2.75) is 13.3 Å². The van der Waals surface area contributed by atoms with Crippen molar-refractivity contribution in [3.8, 4) is 0 Å². The van der Waals surface area contributed by atoms with E-state index in [9.17, 15) is 4.39 Å². The number of nitrogens with zero attached hydrogens (tertiary/aromatic N) is 2. The molecule has 0 saturated heterocycles. The summed E-state index contributed by atoms with van der Waals surface area (Å²) in [4.78, 5) is 8.46. The molecule has 0 bridgehead atoms. The Bertz CT molecular complexity index is 581. The van der Waals surface area contributed by atoms with Crippen molar-refractivity contribution in [1.82, 2.24) is 4.98 Å². The van der Waals surface area contributed by atoms with E-state index in [4.69, 9.17) is 0 Å². The third-order valence-electron chi connectivity index (χ3n) is 2.55. The second-order valence-corrected chi connectivity index (χ2v) is 5.00. The molecule has 18 heavy (non-hydrogen) atoms. The number of fused-ring (bicyclic) bond motifs is 1. The summed E-state index contributed by atoms with van der Waals surface area (Å²) in [5.74, 6) is 0.740. The lowest BCUT2D eigenvalue weighted by Crippen LogP contribution is -1.98. The summed E-state index contributed by atoms with van der Waals surface area (Å²) in [6.07, 6.45) is 2.79. The smallest absolute Gasteiger partial charge is 0.149 e. The van der Waals surface area contributed by atoms with Gasteiger partial charge in [-0.2, -0.15) is 0 Å². The average molecular weight is 262 g/mol. The average Bonchev–Trinajstić information content (AvgIpc) is 2.40. The van der Waals surface area contributed by atoms with Gasteiger partial charge in [-0.15, -0.1) is 11.8 Å². The number of halogens is 1. The Morgan fingerprint density at radius 1 is 1.44 bits per heavy atom. The molecule has 0 saturated carbocycles. The molecule has 0 atom stereocenters. The maximum Gasteiger partial charge on any atom is 0.149 e. The van der Waals surface area contributed by atoms with E-state index < -0.39 is 0 Å². The van der Waals surface area contributed by atoms with E-state index in [0.29, 0.717) is 5.52 Å². The highest BCUT2D eigenvalue weighted by molar-refractivity contribution is 8.14. The minimum atomic E-state index is -0.282. The summed E-state index contributed by atoms with van der Waals surface area (Å²) >= 11 is 1.70. The summed E-state index contributed by atoms with van der Waals surface area (Å²) in [5.41, 5.74) is 1.37. The van der Waals surface area contributed by atoms with Crippen molar-refractivity contribution in [2.75, 3.05) is 12.8 Å². The number of aliphatic imine (C=N–C) groups is 1. The number of thioether (sulfide) groups is 1. The second kappa shape index (κ2) is 5.96. The third-order valence-corrected chi connectivity index (χ3v) is 3.86. The van der Waals surface area contributed by atoms with Crippen molar-refractivity contribution >= 4 is 27.7 Å². The molecule has 1 heterocycles. The van der Waals surface area contributed by atoms with Gasteiger partial charge in [0.05, 0.1) is 5.04 Å². The SMILES string of the molecule is CCCSC(=NC)c1cnc2c(F)cccc2c1. The first-order chi connectivity index (χ1) is 8.76. The van der Waals surface area contributed by atoms with Crippen LogP contribution in [0.5, 0.6) is 0 Å². The minimum Gasteiger partial charge on any atom is -0.281 e. The van der Waals surface area contributed by atoms with Crippen molar-refractivity contribution in [3.05, 3.63) is 41.8 Å². The minimum absolute atomic E-state index is 0.282. The number of rotatable bonds is 3. The predicted octanol–water partition coefficient (Wildman–Crippen LogP) is 3.89. The van der Waals surface area contributed by atoms with E-state index >= 15 is 0 Å². The second-order valence-electron chi connectivity index (χ2n) is 3.91. The lowest BCUT2D eigenvalue weighted by Gasteiger charge is -2.06. The fourth-order valence-electron chi connectivity index (χ4n) is 1.72. The van der Waals surface area contributed by atoms with E-state index in [1.165, 1.54) is 6.07 Å². The summed E-state index contributed by atoms with van der Waals surface area (Å²) in [7, 11) is 1.77. The van der Waals surface area contributed by atoms with E-state index in [1.54, 1.807) is 31.1 Å². The standard InChI is InChI=1S/C14H15FN2S/c1-3-7-18-14(16-2)11-8-10-5-4-6-12(15)13(10)17-9-11/h4-6,8-9H,3,7H2,1-2H3. The highest BCUT2D eigenvalue weighted by Gasteiger charge is 2.07. The molecule has 2 aromatic rings. The lowest BCUT2D eigenvalue weighted by molar-refractivity contribution is 0.637. The number of hydrogen-bond donors (Lipinski definition) is 0. The van der Waals surface area contributed by atoms with Gasteiger partial charge in [0, 0.05) is 24.2 Å². The normalized spacial score (nSPS) is 12.1. The van der Waals surface area contributed by atoms with Crippen LogP contribution in [0.25, 0.3) is 10.9 Å². The number of para-hydroxylation sites is 1. The van der Waals surface area contributed by atoms with Crippen LogP contribution in [0.3, 0.4) is 0 Å². The third kappa shape index (κ3) is 2.70.